The number of rotatable bonds is 4. The van der Waals surface area contributed by atoms with Crippen LogP contribution >= 0.6 is 12.2 Å². The molecule has 132 valence electrons. The zero-order valence-electron chi connectivity index (χ0n) is 13.7. The van der Waals surface area contributed by atoms with Gasteiger partial charge in [0, 0.05) is 0 Å². The highest BCUT2D eigenvalue weighted by atomic mass is 32.1. The highest BCUT2D eigenvalue weighted by molar-refractivity contribution is 7.71. The second-order valence-electron chi connectivity index (χ2n) is 5.58. The van der Waals surface area contributed by atoms with E-state index in [1.165, 1.54) is 35.9 Å². The van der Waals surface area contributed by atoms with Crippen molar-refractivity contribution in [3.8, 4) is 0 Å². The molecule has 0 atom stereocenters. The fourth-order valence-electron chi connectivity index (χ4n) is 2.58. The number of carbonyl (C=O) groups is 2. The fraction of sp³-hybridized carbons (Fsp3) is 0.111. The summed E-state index contributed by atoms with van der Waals surface area (Å²) in [4.78, 5) is 38.2. The summed E-state index contributed by atoms with van der Waals surface area (Å²) in [6.45, 7) is 0.197. The second-order valence-corrected chi connectivity index (χ2v) is 5.96. The number of carbonyl (C=O) groups excluding carboxylic acids is 1. The van der Waals surface area contributed by atoms with Crippen molar-refractivity contribution < 1.29 is 19.4 Å². The van der Waals surface area contributed by atoms with E-state index in [-0.39, 0.29) is 22.4 Å². The lowest BCUT2D eigenvalue weighted by Crippen LogP contribution is -2.23. The molecule has 1 heterocycles. The molecule has 0 radical (unpaired) electrons. The zero-order valence-corrected chi connectivity index (χ0v) is 14.5. The second kappa shape index (κ2) is 6.93. The van der Waals surface area contributed by atoms with E-state index in [4.69, 9.17) is 17.3 Å². The largest absolute Gasteiger partial charge is 0.478 e. The molecule has 1 aromatic heterocycles. The third kappa shape index (κ3) is 3.27. The van der Waals surface area contributed by atoms with Crippen LogP contribution in [0.15, 0.2) is 47.3 Å². The van der Waals surface area contributed by atoms with Gasteiger partial charge >= 0.3 is 11.9 Å². The molecule has 0 bridgehead atoms. The van der Waals surface area contributed by atoms with E-state index in [2.05, 4.69) is 9.72 Å². The summed E-state index contributed by atoms with van der Waals surface area (Å²) in [5.41, 5.74) is 1.36. The number of nitrogens with zero attached hydrogens (tertiary/aromatic N) is 1. The molecular formula is C18H14N2O5S. The van der Waals surface area contributed by atoms with Crippen LogP contribution in [0.2, 0.25) is 0 Å². The summed E-state index contributed by atoms with van der Waals surface area (Å²) in [5.74, 6) is -1.52. The smallest absolute Gasteiger partial charge is 0.337 e. The van der Waals surface area contributed by atoms with Gasteiger partial charge in [-0.2, -0.15) is 0 Å². The molecule has 2 N–H and O–H groups in total. The van der Waals surface area contributed by atoms with Gasteiger partial charge in [0.25, 0.3) is 5.56 Å². The number of aromatic amines is 1. The molecule has 0 saturated heterocycles. The predicted molar refractivity (Wildman–Crippen MR) is 97.2 cm³/mol. The van der Waals surface area contributed by atoms with Crippen molar-refractivity contribution in [2.75, 3.05) is 7.11 Å². The minimum Gasteiger partial charge on any atom is -0.478 e. The molecule has 0 aliphatic carbocycles. The summed E-state index contributed by atoms with van der Waals surface area (Å²) in [7, 11) is 1.28. The number of methoxy groups -OCH3 is 1. The molecule has 0 saturated carbocycles. The van der Waals surface area contributed by atoms with Crippen molar-refractivity contribution in [1.29, 1.82) is 0 Å². The first-order chi connectivity index (χ1) is 12.4. The van der Waals surface area contributed by atoms with Crippen LogP contribution in [0.25, 0.3) is 10.9 Å². The fourth-order valence-corrected chi connectivity index (χ4v) is 2.84. The summed E-state index contributed by atoms with van der Waals surface area (Å²) in [6, 6.07) is 10.8. The van der Waals surface area contributed by atoms with Gasteiger partial charge in [0.2, 0.25) is 0 Å². The highest BCUT2D eigenvalue weighted by Crippen LogP contribution is 2.13. The molecule has 0 unspecified atom stereocenters. The maximum atomic E-state index is 12.7. The van der Waals surface area contributed by atoms with Gasteiger partial charge in [0.1, 0.15) is 0 Å². The van der Waals surface area contributed by atoms with Gasteiger partial charge in [-0.3, -0.25) is 9.36 Å². The zero-order chi connectivity index (χ0) is 18.8. The number of hydrogen-bond acceptors (Lipinski definition) is 5. The van der Waals surface area contributed by atoms with Gasteiger partial charge in [-0.25, -0.2) is 9.59 Å². The van der Waals surface area contributed by atoms with Crippen LogP contribution < -0.4 is 5.56 Å². The molecule has 0 spiro atoms. The van der Waals surface area contributed by atoms with Gasteiger partial charge in [0.05, 0.1) is 35.7 Å². The Balaban J connectivity index is 2.04. The Morgan fingerprint density at radius 1 is 1.15 bits per heavy atom. The molecule has 2 aromatic carbocycles. The monoisotopic (exact) mass is 370 g/mol. The first-order valence-electron chi connectivity index (χ1n) is 7.58. The van der Waals surface area contributed by atoms with Gasteiger partial charge in [0.15, 0.2) is 4.77 Å². The van der Waals surface area contributed by atoms with Crippen molar-refractivity contribution in [1.82, 2.24) is 9.55 Å². The van der Waals surface area contributed by atoms with E-state index >= 15 is 0 Å². The number of hydrogen-bond donors (Lipinski definition) is 2. The highest BCUT2D eigenvalue weighted by Gasteiger charge is 2.11. The minimum absolute atomic E-state index is 0.167. The average Bonchev–Trinajstić information content (AvgIpc) is 2.64. The average molecular weight is 370 g/mol. The molecular weight excluding hydrogens is 356 g/mol. The number of fused-ring (bicyclic) bond motifs is 1. The van der Waals surface area contributed by atoms with Gasteiger partial charge < -0.3 is 14.8 Å². The van der Waals surface area contributed by atoms with E-state index in [1.807, 2.05) is 0 Å². The first kappa shape index (κ1) is 17.6. The lowest BCUT2D eigenvalue weighted by Gasteiger charge is -2.09. The van der Waals surface area contributed by atoms with Gasteiger partial charge in [-0.05, 0) is 48.1 Å². The molecule has 8 heteroatoms. The molecule has 3 rings (SSSR count). The number of benzene rings is 2. The summed E-state index contributed by atoms with van der Waals surface area (Å²) >= 11 is 5.27. The maximum Gasteiger partial charge on any atom is 0.337 e. The predicted octanol–water partition coefficient (Wildman–Crippen LogP) is 2.59. The summed E-state index contributed by atoms with van der Waals surface area (Å²) in [6.07, 6.45) is 0. The van der Waals surface area contributed by atoms with Crippen LogP contribution in [-0.2, 0) is 11.3 Å². The van der Waals surface area contributed by atoms with E-state index < -0.39 is 11.9 Å². The van der Waals surface area contributed by atoms with Crippen LogP contribution in [0.1, 0.15) is 26.3 Å². The van der Waals surface area contributed by atoms with E-state index in [0.29, 0.717) is 16.5 Å². The Morgan fingerprint density at radius 2 is 1.81 bits per heavy atom. The number of carboxylic acids is 1. The number of esters is 1. The Morgan fingerprint density at radius 3 is 2.42 bits per heavy atom. The molecule has 3 aromatic rings. The third-order valence-electron chi connectivity index (χ3n) is 3.94. The third-order valence-corrected chi connectivity index (χ3v) is 4.27. The van der Waals surface area contributed by atoms with Crippen molar-refractivity contribution in [3.05, 3.63) is 74.3 Å². The molecule has 0 aliphatic rings. The van der Waals surface area contributed by atoms with Crippen molar-refractivity contribution in [2.24, 2.45) is 0 Å². The Labute approximate surface area is 152 Å². The van der Waals surface area contributed by atoms with Crippen LogP contribution in [0.4, 0.5) is 0 Å². The summed E-state index contributed by atoms with van der Waals surface area (Å²) in [5, 5.41) is 9.32. The van der Waals surface area contributed by atoms with Gasteiger partial charge in [-0.1, -0.05) is 12.1 Å². The van der Waals surface area contributed by atoms with Crippen molar-refractivity contribution >= 4 is 35.1 Å². The number of H-pyrrole nitrogens is 1. The lowest BCUT2D eigenvalue weighted by atomic mass is 10.1. The van der Waals surface area contributed by atoms with E-state index in [1.54, 1.807) is 18.2 Å². The molecule has 0 fully saturated rings. The molecule has 0 amide bonds. The van der Waals surface area contributed by atoms with E-state index in [9.17, 15) is 14.4 Å². The lowest BCUT2D eigenvalue weighted by molar-refractivity contribution is 0.0600. The van der Waals surface area contributed by atoms with Crippen LogP contribution in [0.5, 0.6) is 0 Å². The minimum atomic E-state index is -1.02. The van der Waals surface area contributed by atoms with Crippen LogP contribution in [0.3, 0.4) is 0 Å². The Hall–Kier alpha value is -3.26. The Kier molecular flexibility index (Phi) is 4.68. The normalized spacial score (nSPS) is 10.7. The van der Waals surface area contributed by atoms with Crippen LogP contribution in [0, 0.1) is 4.77 Å². The van der Waals surface area contributed by atoms with Gasteiger partial charge in [-0.15, -0.1) is 0 Å². The topological polar surface area (TPSA) is 101 Å². The SMILES string of the molecule is COC(=O)c1ccc2c(=O)n(Cc3ccc(C(=O)O)cc3)c(=S)[nH]c2c1. The number of nitrogens with one attached hydrogen (secondary N) is 1. The molecule has 7 nitrogen and oxygen atoms in total. The maximum absolute atomic E-state index is 12.7. The quantitative estimate of drug-likeness (QED) is 0.541. The number of ether oxygens (including phenoxy) is 1. The Bertz CT molecular complexity index is 1130. The number of aromatic carboxylic acids is 1. The molecule has 0 aliphatic heterocycles. The van der Waals surface area contributed by atoms with Crippen LogP contribution in [-0.4, -0.2) is 33.7 Å². The van der Waals surface area contributed by atoms with Crippen molar-refractivity contribution in [3.63, 3.8) is 0 Å². The van der Waals surface area contributed by atoms with Crippen molar-refractivity contribution in [2.45, 2.75) is 6.54 Å². The first-order valence-corrected chi connectivity index (χ1v) is 7.99. The summed E-state index contributed by atoms with van der Waals surface area (Å²) < 4.78 is 6.25. The standard InChI is InChI=1S/C18H14N2O5S/c1-25-17(24)12-6-7-13-14(8-12)19-18(26)20(15(13)21)9-10-2-4-11(5-3-10)16(22)23/h2-8H,9H2,1H3,(H,19,26)(H,22,23). The van der Waals surface area contributed by atoms with E-state index in [0.717, 1.165) is 5.56 Å². The number of aromatic nitrogens is 2. The number of carboxylic acid groups (broad SMARTS) is 1. The molecule has 26 heavy (non-hydrogen) atoms.